The first-order chi connectivity index (χ1) is 10.9. The van der Waals surface area contributed by atoms with Gasteiger partial charge in [-0.15, -0.1) is 24.0 Å². The predicted molar refractivity (Wildman–Crippen MR) is 98.7 cm³/mol. The van der Waals surface area contributed by atoms with E-state index in [4.69, 9.17) is 0 Å². The highest BCUT2D eigenvalue weighted by Gasteiger charge is 2.26. The molecule has 0 fully saturated rings. The number of guanidine groups is 1. The van der Waals surface area contributed by atoms with Crippen LogP contribution in [0, 0.1) is 0 Å². The Morgan fingerprint density at radius 3 is 2.50 bits per heavy atom. The molecule has 0 saturated heterocycles. The summed E-state index contributed by atoms with van der Waals surface area (Å²) in [6.45, 7) is 2.47. The van der Waals surface area contributed by atoms with E-state index in [1.807, 2.05) is 13.0 Å². The molecule has 0 heterocycles. The minimum absolute atomic E-state index is 0. The van der Waals surface area contributed by atoms with Crippen molar-refractivity contribution in [2.75, 3.05) is 20.1 Å². The van der Waals surface area contributed by atoms with Crippen molar-refractivity contribution in [3.63, 3.8) is 0 Å². The van der Waals surface area contributed by atoms with Crippen molar-refractivity contribution in [2.45, 2.75) is 26.1 Å². The maximum atomic E-state index is 12.1. The average molecular weight is 458 g/mol. The highest BCUT2D eigenvalue weighted by atomic mass is 127. The first kappa shape index (κ1) is 22.5. The fourth-order valence-electron chi connectivity index (χ4n) is 1.81. The van der Waals surface area contributed by atoms with E-state index in [0.29, 0.717) is 18.7 Å². The zero-order valence-electron chi connectivity index (χ0n) is 13.5. The van der Waals surface area contributed by atoms with Crippen LogP contribution in [0.4, 0.5) is 13.2 Å². The molecule has 0 bridgehead atoms. The van der Waals surface area contributed by atoms with Crippen LogP contribution in [0.2, 0.25) is 0 Å². The number of nitrogens with one attached hydrogen (secondary N) is 3. The molecule has 1 aromatic carbocycles. The van der Waals surface area contributed by atoms with E-state index >= 15 is 0 Å². The van der Waals surface area contributed by atoms with Gasteiger partial charge in [0.25, 0.3) is 5.91 Å². The molecule has 5 nitrogen and oxygen atoms in total. The minimum atomic E-state index is -4.20. The van der Waals surface area contributed by atoms with Gasteiger partial charge in [-0.1, -0.05) is 12.1 Å². The van der Waals surface area contributed by atoms with E-state index in [0.717, 1.165) is 5.56 Å². The Balaban J connectivity index is 0.00000529. The van der Waals surface area contributed by atoms with Crippen LogP contribution in [0.1, 0.15) is 29.3 Å². The molecule has 0 aromatic heterocycles. The van der Waals surface area contributed by atoms with Crippen molar-refractivity contribution in [2.24, 2.45) is 4.99 Å². The number of hydrogen-bond acceptors (Lipinski definition) is 2. The molecule has 24 heavy (non-hydrogen) atoms. The van der Waals surface area contributed by atoms with Gasteiger partial charge in [0.05, 0.1) is 6.42 Å². The summed E-state index contributed by atoms with van der Waals surface area (Å²) in [5.74, 6) is 0.111. The van der Waals surface area contributed by atoms with Gasteiger partial charge >= 0.3 is 6.18 Å². The van der Waals surface area contributed by atoms with Crippen LogP contribution in [0.5, 0.6) is 0 Å². The molecule has 0 aliphatic heterocycles. The molecular formula is C15H22F3IN4O. The summed E-state index contributed by atoms with van der Waals surface area (Å²) in [5, 5.41) is 8.21. The van der Waals surface area contributed by atoms with E-state index in [1.54, 1.807) is 18.2 Å². The standard InChI is InChI=1S/C15H21F3N4O.HI/c1-3-20-13(23)12-6-4-5-11(9-12)10-22-14(19-2)21-8-7-15(16,17)18;/h4-6,9H,3,7-8,10H2,1-2H3,(H,20,23)(H2,19,21,22);1H. The van der Waals surface area contributed by atoms with E-state index in [2.05, 4.69) is 20.9 Å². The van der Waals surface area contributed by atoms with Gasteiger partial charge in [-0.3, -0.25) is 9.79 Å². The Morgan fingerprint density at radius 1 is 1.21 bits per heavy atom. The third kappa shape index (κ3) is 8.94. The number of carbonyl (C=O) groups excluding carboxylic acids is 1. The van der Waals surface area contributed by atoms with Gasteiger partial charge < -0.3 is 16.0 Å². The fourth-order valence-corrected chi connectivity index (χ4v) is 1.81. The van der Waals surface area contributed by atoms with Crippen LogP contribution in [-0.2, 0) is 6.54 Å². The summed E-state index contributed by atoms with van der Waals surface area (Å²) < 4.78 is 36.3. The lowest BCUT2D eigenvalue weighted by Crippen LogP contribution is -2.38. The molecular weight excluding hydrogens is 436 g/mol. The summed E-state index contributed by atoms with van der Waals surface area (Å²) in [5.41, 5.74) is 1.36. The molecule has 0 spiro atoms. The number of halogens is 4. The maximum absolute atomic E-state index is 12.1. The summed E-state index contributed by atoms with van der Waals surface area (Å²) in [4.78, 5) is 15.6. The van der Waals surface area contributed by atoms with Gasteiger partial charge in [0.15, 0.2) is 5.96 Å². The van der Waals surface area contributed by atoms with Crippen molar-refractivity contribution < 1.29 is 18.0 Å². The number of amides is 1. The summed E-state index contributed by atoms with van der Waals surface area (Å²) in [6.07, 6.45) is -5.13. The van der Waals surface area contributed by atoms with Crippen LogP contribution >= 0.6 is 24.0 Å². The predicted octanol–water partition coefficient (Wildman–Crippen LogP) is 2.67. The van der Waals surface area contributed by atoms with Crippen molar-refractivity contribution in [3.8, 4) is 0 Å². The van der Waals surface area contributed by atoms with E-state index in [9.17, 15) is 18.0 Å². The molecule has 0 aliphatic rings. The van der Waals surface area contributed by atoms with E-state index in [-0.39, 0.29) is 42.4 Å². The van der Waals surface area contributed by atoms with Crippen LogP contribution < -0.4 is 16.0 Å². The zero-order valence-corrected chi connectivity index (χ0v) is 15.9. The van der Waals surface area contributed by atoms with Crippen molar-refractivity contribution in [3.05, 3.63) is 35.4 Å². The zero-order chi connectivity index (χ0) is 17.3. The number of benzene rings is 1. The third-order valence-electron chi connectivity index (χ3n) is 2.91. The van der Waals surface area contributed by atoms with Gasteiger partial charge in [-0.25, -0.2) is 0 Å². The lowest BCUT2D eigenvalue weighted by atomic mass is 10.1. The van der Waals surface area contributed by atoms with Gasteiger partial charge in [0, 0.05) is 32.2 Å². The molecule has 0 radical (unpaired) electrons. The lowest BCUT2D eigenvalue weighted by Gasteiger charge is -2.13. The molecule has 0 atom stereocenters. The van der Waals surface area contributed by atoms with Gasteiger partial charge in [0.2, 0.25) is 0 Å². The molecule has 1 rings (SSSR count). The number of nitrogens with zero attached hydrogens (tertiary/aromatic N) is 1. The molecule has 0 saturated carbocycles. The van der Waals surface area contributed by atoms with Crippen LogP contribution in [0.25, 0.3) is 0 Å². The largest absolute Gasteiger partial charge is 0.390 e. The Kier molecular flexibility index (Phi) is 10.4. The Morgan fingerprint density at radius 2 is 1.92 bits per heavy atom. The Labute approximate surface area is 156 Å². The molecule has 0 aliphatic carbocycles. The normalized spacial score (nSPS) is 11.5. The summed E-state index contributed by atoms with van der Waals surface area (Å²) >= 11 is 0. The van der Waals surface area contributed by atoms with Crippen LogP contribution in [0.3, 0.4) is 0 Å². The SMILES string of the molecule is CCNC(=O)c1cccc(CNC(=NC)NCCC(F)(F)F)c1.I. The lowest BCUT2D eigenvalue weighted by molar-refractivity contribution is -0.132. The van der Waals surface area contributed by atoms with Gasteiger partial charge in [-0.05, 0) is 24.6 Å². The fraction of sp³-hybridized carbons (Fsp3) is 0.467. The van der Waals surface area contributed by atoms with Crippen molar-refractivity contribution in [1.82, 2.24) is 16.0 Å². The van der Waals surface area contributed by atoms with Gasteiger partial charge in [0.1, 0.15) is 0 Å². The Hall–Kier alpha value is -1.52. The highest BCUT2D eigenvalue weighted by Crippen LogP contribution is 2.18. The number of rotatable bonds is 6. The monoisotopic (exact) mass is 458 g/mol. The molecule has 1 amide bonds. The van der Waals surface area contributed by atoms with Crippen molar-refractivity contribution in [1.29, 1.82) is 0 Å². The molecule has 136 valence electrons. The molecule has 0 unspecified atom stereocenters. The van der Waals surface area contributed by atoms with E-state index < -0.39 is 12.6 Å². The number of alkyl halides is 3. The molecule has 9 heteroatoms. The first-order valence-electron chi connectivity index (χ1n) is 7.24. The number of hydrogen-bond donors (Lipinski definition) is 3. The number of aliphatic imine (C=N–C) groups is 1. The van der Waals surface area contributed by atoms with Gasteiger partial charge in [-0.2, -0.15) is 13.2 Å². The third-order valence-corrected chi connectivity index (χ3v) is 2.91. The van der Waals surface area contributed by atoms with Crippen LogP contribution in [0.15, 0.2) is 29.3 Å². The highest BCUT2D eigenvalue weighted by molar-refractivity contribution is 14.0. The minimum Gasteiger partial charge on any atom is -0.356 e. The van der Waals surface area contributed by atoms with Crippen LogP contribution in [-0.4, -0.2) is 38.2 Å². The Bertz CT molecular complexity index is 550. The second-order valence-electron chi connectivity index (χ2n) is 4.78. The molecule has 3 N–H and O–H groups in total. The second-order valence-corrected chi connectivity index (χ2v) is 4.78. The summed E-state index contributed by atoms with van der Waals surface area (Å²) in [7, 11) is 1.48. The first-order valence-corrected chi connectivity index (χ1v) is 7.24. The maximum Gasteiger partial charge on any atom is 0.390 e. The van der Waals surface area contributed by atoms with E-state index in [1.165, 1.54) is 7.05 Å². The topological polar surface area (TPSA) is 65.5 Å². The molecule has 1 aromatic rings. The quantitative estimate of drug-likeness (QED) is 0.349. The number of carbonyl (C=O) groups is 1. The van der Waals surface area contributed by atoms with Crippen molar-refractivity contribution >= 4 is 35.8 Å². The average Bonchev–Trinajstić information content (AvgIpc) is 2.50. The summed E-state index contributed by atoms with van der Waals surface area (Å²) in [6, 6.07) is 6.99. The smallest absolute Gasteiger partial charge is 0.356 e. The second kappa shape index (κ2) is 11.1.